The first-order chi connectivity index (χ1) is 8.39. The number of rotatable bonds is 5. The molecule has 0 saturated heterocycles. The summed E-state index contributed by atoms with van der Waals surface area (Å²) in [5, 5.41) is 12.5. The predicted octanol–water partition coefficient (Wildman–Crippen LogP) is 1.95. The number of pyridine rings is 1. The van der Waals surface area contributed by atoms with E-state index in [-0.39, 0.29) is 17.2 Å². The van der Waals surface area contributed by atoms with E-state index in [0.29, 0.717) is 17.8 Å². The third-order valence-electron chi connectivity index (χ3n) is 2.46. The number of nitrogens with zero attached hydrogens (tertiary/aromatic N) is 1. The molecule has 0 aliphatic heterocycles. The first-order valence-corrected chi connectivity index (χ1v) is 5.86. The summed E-state index contributed by atoms with van der Waals surface area (Å²) in [6.07, 6.45) is 1.36. The van der Waals surface area contributed by atoms with Gasteiger partial charge in [0.15, 0.2) is 0 Å². The summed E-state index contributed by atoms with van der Waals surface area (Å²) in [5.41, 5.74) is 0.558. The number of nitrogens with one attached hydrogen (secondary N) is 1. The highest BCUT2D eigenvalue weighted by Gasteiger charge is 2.19. The van der Waals surface area contributed by atoms with E-state index in [0.717, 1.165) is 0 Å². The number of ether oxygens (including phenoxy) is 1. The van der Waals surface area contributed by atoms with Crippen LogP contribution in [0.3, 0.4) is 0 Å². The van der Waals surface area contributed by atoms with E-state index in [2.05, 4.69) is 15.0 Å². The first kappa shape index (κ1) is 14.7. The molecule has 1 heterocycles. The van der Waals surface area contributed by atoms with Crippen molar-refractivity contribution < 1.29 is 14.6 Å². The maximum absolute atomic E-state index is 11.5. The Bertz CT molecular complexity index is 435. The highest BCUT2D eigenvalue weighted by Crippen LogP contribution is 2.22. The summed E-state index contributed by atoms with van der Waals surface area (Å²) in [6, 6.07) is 1.56. The molecule has 0 spiro atoms. The summed E-state index contributed by atoms with van der Waals surface area (Å²) in [7, 11) is 1.30. The van der Waals surface area contributed by atoms with Gasteiger partial charge in [-0.3, -0.25) is 0 Å². The number of carbonyl (C=O) groups is 1. The Morgan fingerprint density at radius 2 is 2.28 bits per heavy atom. The molecule has 0 aliphatic rings. The lowest BCUT2D eigenvalue weighted by Crippen LogP contribution is -2.27. The van der Waals surface area contributed by atoms with Gasteiger partial charge in [0.1, 0.15) is 10.7 Å². The van der Waals surface area contributed by atoms with Crippen LogP contribution >= 0.6 is 11.6 Å². The van der Waals surface area contributed by atoms with E-state index in [1.807, 2.05) is 13.8 Å². The van der Waals surface area contributed by atoms with Gasteiger partial charge < -0.3 is 15.2 Å². The zero-order valence-electron chi connectivity index (χ0n) is 10.7. The third kappa shape index (κ3) is 3.85. The van der Waals surface area contributed by atoms with Gasteiger partial charge in [0, 0.05) is 24.8 Å². The van der Waals surface area contributed by atoms with Crippen LogP contribution in [0.15, 0.2) is 12.3 Å². The molecule has 0 aromatic carbocycles. The second-order valence-corrected chi connectivity index (χ2v) is 5.11. The van der Waals surface area contributed by atoms with Crippen LogP contribution < -0.4 is 5.32 Å². The number of halogens is 1. The third-order valence-corrected chi connectivity index (χ3v) is 2.67. The van der Waals surface area contributed by atoms with Crippen LogP contribution in [-0.4, -0.2) is 36.3 Å². The number of aromatic nitrogens is 1. The highest BCUT2D eigenvalue weighted by molar-refractivity contribution is 6.29. The number of methoxy groups -OCH3 is 1. The second-order valence-electron chi connectivity index (χ2n) is 4.72. The number of aliphatic hydroxyl groups excluding tert-OH is 1. The number of aliphatic hydroxyl groups is 1. The van der Waals surface area contributed by atoms with E-state index < -0.39 is 5.97 Å². The zero-order valence-corrected chi connectivity index (χ0v) is 11.4. The molecule has 1 rings (SSSR count). The van der Waals surface area contributed by atoms with Crippen LogP contribution in [0.1, 0.15) is 24.2 Å². The van der Waals surface area contributed by atoms with Crippen LogP contribution in [0, 0.1) is 5.41 Å². The number of anilines is 1. The van der Waals surface area contributed by atoms with E-state index in [9.17, 15) is 9.90 Å². The largest absolute Gasteiger partial charge is 0.465 e. The van der Waals surface area contributed by atoms with Gasteiger partial charge in [-0.05, 0) is 6.07 Å². The van der Waals surface area contributed by atoms with Crippen molar-refractivity contribution in [1.29, 1.82) is 0 Å². The molecule has 0 amide bonds. The molecule has 5 nitrogen and oxygen atoms in total. The number of esters is 1. The van der Waals surface area contributed by atoms with Gasteiger partial charge in [0.2, 0.25) is 0 Å². The van der Waals surface area contributed by atoms with Crippen LogP contribution in [0.25, 0.3) is 0 Å². The van der Waals surface area contributed by atoms with Crippen LogP contribution in [0.5, 0.6) is 0 Å². The lowest BCUT2D eigenvalue weighted by atomic mass is 9.95. The fourth-order valence-electron chi connectivity index (χ4n) is 1.24. The van der Waals surface area contributed by atoms with E-state index in [1.54, 1.807) is 6.07 Å². The van der Waals surface area contributed by atoms with Crippen molar-refractivity contribution in [3.63, 3.8) is 0 Å². The number of hydrogen-bond donors (Lipinski definition) is 2. The first-order valence-electron chi connectivity index (χ1n) is 5.48. The fourth-order valence-corrected chi connectivity index (χ4v) is 1.40. The molecule has 0 aliphatic carbocycles. The van der Waals surface area contributed by atoms with Gasteiger partial charge >= 0.3 is 5.97 Å². The van der Waals surface area contributed by atoms with Gasteiger partial charge in [-0.1, -0.05) is 25.4 Å². The molecular formula is C12H17ClN2O3. The fraction of sp³-hybridized carbons (Fsp3) is 0.500. The highest BCUT2D eigenvalue weighted by atomic mass is 35.5. The average molecular weight is 273 g/mol. The Hall–Kier alpha value is -1.33. The Labute approximate surface area is 111 Å². The molecular weight excluding hydrogens is 256 g/mol. The van der Waals surface area contributed by atoms with Crippen LogP contribution in [0.4, 0.5) is 5.69 Å². The van der Waals surface area contributed by atoms with Crippen LogP contribution in [0.2, 0.25) is 5.15 Å². The number of carbonyl (C=O) groups excluding carboxylic acids is 1. The molecule has 1 aromatic heterocycles. The maximum atomic E-state index is 11.5. The van der Waals surface area contributed by atoms with Crippen molar-refractivity contribution in [2.45, 2.75) is 13.8 Å². The molecule has 0 fully saturated rings. The van der Waals surface area contributed by atoms with E-state index >= 15 is 0 Å². The van der Waals surface area contributed by atoms with Crippen molar-refractivity contribution in [3.05, 3.63) is 23.0 Å². The Balaban J connectivity index is 2.93. The molecule has 0 saturated carbocycles. The van der Waals surface area contributed by atoms with Crippen LogP contribution in [-0.2, 0) is 4.74 Å². The van der Waals surface area contributed by atoms with Gasteiger partial charge in [0.05, 0.1) is 12.8 Å². The van der Waals surface area contributed by atoms with E-state index in [4.69, 9.17) is 11.6 Å². The normalized spacial score (nSPS) is 11.2. The van der Waals surface area contributed by atoms with Gasteiger partial charge in [0.25, 0.3) is 0 Å². The predicted molar refractivity (Wildman–Crippen MR) is 69.9 cm³/mol. The molecule has 0 radical (unpaired) electrons. The lowest BCUT2D eigenvalue weighted by Gasteiger charge is -2.23. The minimum Gasteiger partial charge on any atom is -0.465 e. The summed E-state index contributed by atoms with van der Waals surface area (Å²) in [4.78, 5) is 15.4. The maximum Gasteiger partial charge on any atom is 0.341 e. The Morgan fingerprint density at radius 3 is 2.83 bits per heavy atom. The quantitative estimate of drug-likeness (QED) is 0.633. The van der Waals surface area contributed by atoms with Crippen molar-refractivity contribution >= 4 is 23.3 Å². The van der Waals surface area contributed by atoms with Gasteiger partial charge in [-0.25, -0.2) is 9.78 Å². The molecule has 18 heavy (non-hydrogen) atoms. The second kappa shape index (κ2) is 6.02. The molecule has 0 bridgehead atoms. The Kier molecular flexibility index (Phi) is 4.93. The van der Waals surface area contributed by atoms with Crippen molar-refractivity contribution in [2.24, 2.45) is 5.41 Å². The molecule has 1 aromatic rings. The molecule has 100 valence electrons. The van der Waals surface area contributed by atoms with Gasteiger partial charge in [-0.15, -0.1) is 0 Å². The molecule has 6 heteroatoms. The van der Waals surface area contributed by atoms with Crippen molar-refractivity contribution in [1.82, 2.24) is 4.98 Å². The standard InChI is InChI=1S/C12H17ClN2O3/c1-12(2,7-16)6-15-9-4-10(13)14-5-8(9)11(17)18-3/h4-5,16H,6-7H2,1-3H3,(H,14,15). The summed E-state index contributed by atoms with van der Waals surface area (Å²) in [6.45, 7) is 4.33. The van der Waals surface area contributed by atoms with Gasteiger partial charge in [-0.2, -0.15) is 0 Å². The SMILES string of the molecule is COC(=O)c1cnc(Cl)cc1NCC(C)(C)CO. The van der Waals surface area contributed by atoms with Crippen molar-refractivity contribution in [2.75, 3.05) is 25.6 Å². The Morgan fingerprint density at radius 1 is 1.61 bits per heavy atom. The zero-order chi connectivity index (χ0) is 13.8. The summed E-state index contributed by atoms with van der Waals surface area (Å²) < 4.78 is 4.66. The van der Waals surface area contributed by atoms with Crippen molar-refractivity contribution in [3.8, 4) is 0 Å². The lowest BCUT2D eigenvalue weighted by molar-refractivity contribution is 0.0601. The average Bonchev–Trinajstić information content (AvgIpc) is 2.36. The molecule has 2 N–H and O–H groups in total. The summed E-state index contributed by atoms with van der Waals surface area (Å²) in [5.74, 6) is -0.483. The summed E-state index contributed by atoms with van der Waals surface area (Å²) >= 11 is 5.80. The number of hydrogen-bond acceptors (Lipinski definition) is 5. The molecule has 0 atom stereocenters. The molecule has 0 unspecified atom stereocenters. The topological polar surface area (TPSA) is 71.5 Å². The minimum atomic E-state index is -0.483. The van der Waals surface area contributed by atoms with E-state index in [1.165, 1.54) is 13.3 Å². The minimum absolute atomic E-state index is 0.0341. The monoisotopic (exact) mass is 272 g/mol. The smallest absolute Gasteiger partial charge is 0.341 e.